The number of benzene rings is 3. The van der Waals surface area contributed by atoms with Gasteiger partial charge in [-0.25, -0.2) is 0 Å². The van der Waals surface area contributed by atoms with Gasteiger partial charge in [0.15, 0.2) is 0 Å². The minimum atomic E-state index is -0.246. The summed E-state index contributed by atoms with van der Waals surface area (Å²) in [7, 11) is 1.65. The van der Waals surface area contributed by atoms with Gasteiger partial charge in [-0.1, -0.05) is 48.5 Å². The standard InChI is InChI=1S/C29H36N2O4/c1-4-34-29(32)18-23-12-13-25(19-28(23)35-17-16-33-3)31-15-14-24(20-31)30-21(2)26-11-7-9-22-8-5-6-10-27(22)26/h5-13,19,21,24,30H,4,14-18,20H2,1-3H3/t21-,24+/m1/s1. The van der Waals surface area contributed by atoms with Crippen LogP contribution in [0.2, 0.25) is 0 Å². The molecule has 0 amide bonds. The summed E-state index contributed by atoms with van der Waals surface area (Å²) < 4.78 is 16.2. The van der Waals surface area contributed by atoms with Crippen LogP contribution in [0.15, 0.2) is 60.7 Å². The van der Waals surface area contributed by atoms with Crippen LogP contribution >= 0.6 is 0 Å². The first-order valence-electron chi connectivity index (χ1n) is 12.5. The lowest BCUT2D eigenvalue weighted by molar-refractivity contribution is -0.142. The van der Waals surface area contributed by atoms with E-state index in [1.165, 1.54) is 16.3 Å². The summed E-state index contributed by atoms with van der Waals surface area (Å²) in [6.45, 7) is 7.24. The number of ether oxygens (including phenoxy) is 3. The van der Waals surface area contributed by atoms with Crippen molar-refractivity contribution < 1.29 is 19.0 Å². The van der Waals surface area contributed by atoms with Crippen LogP contribution in [0.4, 0.5) is 5.69 Å². The van der Waals surface area contributed by atoms with Crippen molar-refractivity contribution in [1.29, 1.82) is 0 Å². The number of hydrogen-bond donors (Lipinski definition) is 1. The second-order valence-corrected chi connectivity index (χ2v) is 9.00. The summed E-state index contributed by atoms with van der Waals surface area (Å²) >= 11 is 0. The van der Waals surface area contributed by atoms with Gasteiger partial charge in [0.1, 0.15) is 12.4 Å². The Bertz CT molecular complexity index is 1130. The van der Waals surface area contributed by atoms with Gasteiger partial charge in [0.25, 0.3) is 0 Å². The predicted molar refractivity (Wildman–Crippen MR) is 140 cm³/mol. The molecule has 1 saturated heterocycles. The number of carbonyl (C=O) groups is 1. The monoisotopic (exact) mass is 476 g/mol. The zero-order chi connectivity index (χ0) is 24.6. The molecule has 2 atom stereocenters. The van der Waals surface area contributed by atoms with Gasteiger partial charge < -0.3 is 24.4 Å². The maximum absolute atomic E-state index is 12.1. The minimum absolute atomic E-state index is 0.198. The Morgan fingerprint density at radius 1 is 1.11 bits per heavy atom. The van der Waals surface area contributed by atoms with Crippen LogP contribution in [0.3, 0.4) is 0 Å². The topological polar surface area (TPSA) is 60.0 Å². The van der Waals surface area contributed by atoms with Gasteiger partial charge in [0.2, 0.25) is 0 Å². The number of carbonyl (C=O) groups excluding carboxylic acids is 1. The molecule has 0 unspecified atom stereocenters. The number of anilines is 1. The van der Waals surface area contributed by atoms with E-state index in [0.29, 0.717) is 31.6 Å². The maximum Gasteiger partial charge on any atom is 0.310 e. The van der Waals surface area contributed by atoms with Gasteiger partial charge in [0, 0.05) is 49.6 Å². The number of methoxy groups -OCH3 is 1. The molecule has 0 bridgehead atoms. The summed E-state index contributed by atoms with van der Waals surface area (Å²) in [5.74, 6) is 0.470. The predicted octanol–water partition coefficient (Wildman–Crippen LogP) is 4.90. The van der Waals surface area contributed by atoms with Crippen molar-refractivity contribution in [3.8, 4) is 5.75 Å². The molecule has 186 valence electrons. The van der Waals surface area contributed by atoms with Gasteiger partial charge >= 0.3 is 5.97 Å². The Morgan fingerprint density at radius 3 is 2.77 bits per heavy atom. The Morgan fingerprint density at radius 2 is 1.94 bits per heavy atom. The van der Waals surface area contributed by atoms with Crippen LogP contribution in [0, 0.1) is 0 Å². The summed E-state index contributed by atoms with van der Waals surface area (Å²) in [6.07, 6.45) is 1.27. The lowest BCUT2D eigenvalue weighted by Crippen LogP contribution is -2.34. The number of esters is 1. The number of nitrogens with one attached hydrogen (secondary N) is 1. The number of rotatable bonds is 11. The molecule has 1 aliphatic rings. The van der Waals surface area contributed by atoms with Gasteiger partial charge in [-0.15, -0.1) is 0 Å². The van der Waals surface area contributed by atoms with E-state index in [-0.39, 0.29) is 18.4 Å². The van der Waals surface area contributed by atoms with Crippen LogP contribution in [0.1, 0.15) is 37.4 Å². The molecule has 0 aliphatic carbocycles. The van der Waals surface area contributed by atoms with E-state index in [1.54, 1.807) is 7.11 Å². The fraction of sp³-hybridized carbons (Fsp3) is 0.414. The first kappa shape index (κ1) is 25.0. The van der Waals surface area contributed by atoms with Gasteiger partial charge in [-0.3, -0.25) is 4.79 Å². The average molecular weight is 477 g/mol. The van der Waals surface area contributed by atoms with E-state index in [0.717, 1.165) is 30.8 Å². The minimum Gasteiger partial charge on any atom is -0.491 e. The summed E-state index contributed by atoms with van der Waals surface area (Å²) in [5, 5.41) is 6.42. The summed E-state index contributed by atoms with van der Waals surface area (Å²) in [5.41, 5.74) is 3.27. The molecule has 0 radical (unpaired) electrons. The SMILES string of the molecule is CCOC(=O)Cc1ccc(N2CC[C@H](N[C@H](C)c3cccc4ccccc34)C2)cc1OCCOC. The Hall–Kier alpha value is -3.09. The molecule has 35 heavy (non-hydrogen) atoms. The largest absolute Gasteiger partial charge is 0.491 e. The lowest BCUT2D eigenvalue weighted by Gasteiger charge is -2.23. The van der Waals surface area contributed by atoms with Crippen LogP contribution in [0.25, 0.3) is 10.8 Å². The van der Waals surface area contributed by atoms with Gasteiger partial charge in [-0.2, -0.15) is 0 Å². The Balaban J connectivity index is 1.44. The molecule has 1 aliphatic heterocycles. The number of nitrogens with zero attached hydrogens (tertiary/aromatic N) is 1. The molecule has 0 aromatic heterocycles. The van der Waals surface area contributed by atoms with E-state index in [2.05, 4.69) is 65.7 Å². The molecule has 0 saturated carbocycles. The molecule has 0 spiro atoms. The first-order chi connectivity index (χ1) is 17.1. The van der Waals surface area contributed by atoms with E-state index in [9.17, 15) is 4.79 Å². The summed E-state index contributed by atoms with van der Waals surface area (Å²) in [4.78, 5) is 14.4. The molecule has 3 aromatic carbocycles. The zero-order valence-corrected chi connectivity index (χ0v) is 21.0. The molecule has 6 heteroatoms. The van der Waals surface area contributed by atoms with E-state index >= 15 is 0 Å². The fourth-order valence-electron chi connectivity index (χ4n) is 4.83. The second-order valence-electron chi connectivity index (χ2n) is 9.00. The van der Waals surface area contributed by atoms with E-state index in [1.807, 2.05) is 19.1 Å². The molecule has 1 heterocycles. The third-order valence-corrected chi connectivity index (χ3v) is 6.56. The third kappa shape index (κ3) is 6.32. The van der Waals surface area contributed by atoms with Crippen molar-refractivity contribution in [3.63, 3.8) is 0 Å². The number of fused-ring (bicyclic) bond motifs is 1. The third-order valence-electron chi connectivity index (χ3n) is 6.56. The van der Waals surface area contributed by atoms with Crippen molar-refractivity contribution in [1.82, 2.24) is 5.32 Å². The molecular formula is C29H36N2O4. The molecule has 4 rings (SSSR count). The highest BCUT2D eigenvalue weighted by Gasteiger charge is 2.25. The fourth-order valence-corrected chi connectivity index (χ4v) is 4.83. The Kier molecular flexibility index (Phi) is 8.61. The van der Waals surface area contributed by atoms with Crippen LogP contribution < -0.4 is 15.0 Å². The smallest absolute Gasteiger partial charge is 0.310 e. The van der Waals surface area contributed by atoms with Crippen molar-refractivity contribution in [2.75, 3.05) is 44.9 Å². The van der Waals surface area contributed by atoms with Crippen molar-refractivity contribution >= 4 is 22.4 Å². The highest BCUT2D eigenvalue weighted by atomic mass is 16.5. The van der Waals surface area contributed by atoms with Crippen molar-refractivity contribution in [2.24, 2.45) is 0 Å². The highest BCUT2D eigenvalue weighted by Crippen LogP contribution is 2.30. The normalized spacial score (nSPS) is 16.4. The van der Waals surface area contributed by atoms with Crippen LogP contribution in [-0.4, -0.2) is 52.0 Å². The van der Waals surface area contributed by atoms with Crippen LogP contribution in [-0.2, 0) is 20.7 Å². The van der Waals surface area contributed by atoms with Crippen LogP contribution in [0.5, 0.6) is 5.75 Å². The van der Waals surface area contributed by atoms with Gasteiger partial charge in [-0.05, 0) is 42.7 Å². The van der Waals surface area contributed by atoms with Gasteiger partial charge in [0.05, 0.1) is 19.6 Å². The molecule has 1 fully saturated rings. The maximum atomic E-state index is 12.1. The zero-order valence-electron chi connectivity index (χ0n) is 21.0. The molecular weight excluding hydrogens is 440 g/mol. The average Bonchev–Trinajstić information content (AvgIpc) is 3.33. The van der Waals surface area contributed by atoms with E-state index in [4.69, 9.17) is 14.2 Å². The summed E-state index contributed by atoms with van der Waals surface area (Å²) in [6, 6.07) is 21.8. The molecule has 3 aromatic rings. The quantitative estimate of drug-likeness (QED) is 0.314. The van der Waals surface area contributed by atoms with E-state index < -0.39 is 0 Å². The van der Waals surface area contributed by atoms with Crippen molar-refractivity contribution in [2.45, 2.75) is 38.8 Å². The second kappa shape index (κ2) is 12.0. The first-order valence-corrected chi connectivity index (χ1v) is 12.5. The number of hydrogen-bond acceptors (Lipinski definition) is 6. The molecule has 1 N–H and O–H groups in total. The Labute approximate surface area is 208 Å². The highest BCUT2D eigenvalue weighted by molar-refractivity contribution is 5.86. The lowest BCUT2D eigenvalue weighted by atomic mass is 9.99. The van der Waals surface area contributed by atoms with Crippen molar-refractivity contribution in [3.05, 3.63) is 71.8 Å². The molecule has 6 nitrogen and oxygen atoms in total.